The van der Waals surface area contributed by atoms with Gasteiger partial charge in [0.2, 0.25) is 10.0 Å². The Morgan fingerprint density at radius 3 is 2.31 bits per heavy atom. The van der Waals surface area contributed by atoms with Crippen molar-refractivity contribution in [3.05, 3.63) is 88.9 Å². The van der Waals surface area contributed by atoms with Gasteiger partial charge >= 0.3 is 0 Å². The molecular weight excluding hydrogens is 484 g/mol. The van der Waals surface area contributed by atoms with Crippen LogP contribution in [0.1, 0.15) is 11.1 Å². The normalized spacial score (nSPS) is 12.4. The topological polar surface area (TPSA) is 89.0 Å². The van der Waals surface area contributed by atoms with Crippen LogP contribution >= 0.6 is 11.6 Å². The average Bonchev–Trinajstić information content (AvgIpc) is 3.12. The number of hydrogen-bond donors (Lipinski definition) is 2. The predicted molar refractivity (Wildman–Crippen MR) is 144 cm³/mol. The summed E-state index contributed by atoms with van der Waals surface area (Å²) in [7, 11) is 0.362. The van der Waals surface area contributed by atoms with Gasteiger partial charge in [0.25, 0.3) is 0 Å². The van der Waals surface area contributed by atoms with Crippen molar-refractivity contribution in [2.24, 2.45) is 4.99 Å². The SMILES string of the molecule is CN(C)CCN(c1ccc(N=C(c2ccccc2)c2c(O)[nH]c3cc(Cl)ccc23)cc1)S(C)(=O)=O. The summed E-state index contributed by atoms with van der Waals surface area (Å²) in [4.78, 5) is 9.78. The zero-order chi connectivity index (χ0) is 25.2. The smallest absolute Gasteiger partial charge is 0.232 e. The third-order valence-corrected chi connectivity index (χ3v) is 6.98. The number of benzene rings is 3. The van der Waals surface area contributed by atoms with Crippen molar-refractivity contribution in [3.63, 3.8) is 0 Å². The van der Waals surface area contributed by atoms with Gasteiger partial charge in [-0.2, -0.15) is 0 Å². The van der Waals surface area contributed by atoms with Crippen LogP contribution in [0.25, 0.3) is 10.9 Å². The summed E-state index contributed by atoms with van der Waals surface area (Å²) in [6.45, 7) is 0.935. The number of sulfonamides is 1. The van der Waals surface area contributed by atoms with Gasteiger partial charge in [-0.25, -0.2) is 13.4 Å². The lowest BCUT2D eigenvalue weighted by atomic mass is 10.0. The molecule has 0 amide bonds. The number of nitrogens with zero attached hydrogens (tertiary/aromatic N) is 3. The molecule has 0 saturated heterocycles. The third kappa shape index (κ3) is 5.67. The number of fused-ring (bicyclic) bond motifs is 1. The Morgan fingerprint density at radius 1 is 1.00 bits per heavy atom. The van der Waals surface area contributed by atoms with E-state index in [1.165, 1.54) is 10.6 Å². The molecule has 0 aliphatic carbocycles. The van der Waals surface area contributed by atoms with Gasteiger partial charge in [-0.15, -0.1) is 0 Å². The van der Waals surface area contributed by atoms with Crippen LogP contribution in [0, 0.1) is 0 Å². The number of halogens is 1. The molecule has 7 nitrogen and oxygen atoms in total. The Morgan fingerprint density at radius 2 is 1.69 bits per heavy atom. The van der Waals surface area contributed by atoms with E-state index in [1.54, 1.807) is 36.4 Å². The van der Waals surface area contributed by atoms with Gasteiger partial charge in [-0.05, 0) is 50.5 Å². The Hall–Kier alpha value is -3.33. The van der Waals surface area contributed by atoms with Crippen LogP contribution in [0.5, 0.6) is 5.88 Å². The van der Waals surface area contributed by atoms with E-state index in [1.807, 2.05) is 55.4 Å². The van der Waals surface area contributed by atoms with Gasteiger partial charge < -0.3 is 15.0 Å². The van der Waals surface area contributed by atoms with E-state index in [9.17, 15) is 13.5 Å². The highest BCUT2D eigenvalue weighted by Gasteiger charge is 2.20. The summed E-state index contributed by atoms with van der Waals surface area (Å²) < 4.78 is 26.1. The van der Waals surface area contributed by atoms with Crippen LogP contribution < -0.4 is 4.31 Å². The molecule has 0 fully saturated rings. The fourth-order valence-electron chi connectivity index (χ4n) is 3.86. The summed E-state index contributed by atoms with van der Waals surface area (Å²) in [5, 5.41) is 12.1. The van der Waals surface area contributed by atoms with E-state index in [-0.39, 0.29) is 5.88 Å². The molecule has 0 unspecified atom stereocenters. The van der Waals surface area contributed by atoms with Crippen molar-refractivity contribution in [3.8, 4) is 5.88 Å². The minimum atomic E-state index is -3.44. The van der Waals surface area contributed by atoms with Gasteiger partial charge in [-0.1, -0.05) is 48.0 Å². The van der Waals surface area contributed by atoms with Crippen LogP contribution in [0.15, 0.2) is 77.8 Å². The molecule has 1 heterocycles. The molecule has 2 N–H and O–H groups in total. The molecule has 4 aromatic rings. The Kier molecular flexibility index (Phi) is 7.16. The molecular formula is C26H27ClN4O3S. The van der Waals surface area contributed by atoms with Crippen molar-refractivity contribution in [2.75, 3.05) is 37.7 Å². The number of anilines is 1. The van der Waals surface area contributed by atoms with E-state index in [0.717, 1.165) is 10.9 Å². The fraction of sp³-hybridized carbons (Fsp3) is 0.192. The molecule has 0 aliphatic rings. The van der Waals surface area contributed by atoms with Crippen molar-refractivity contribution < 1.29 is 13.5 Å². The molecule has 0 bridgehead atoms. The number of likely N-dealkylation sites (N-methyl/N-ethyl adjacent to an activating group) is 1. The maximum Gasteiger partial charge on any atom is 0.232 e. The fourth-order valence-corrected chi connectivity index (χ4v) is 4.95. The van der Waals surface area contributed by atoms with Gasteiger partial charge in [0, 0.05) is 29.1 Å². The second kappa shape index (κ2) is 10.1. The van der Waals surface area contributed by atoms with Crippen molar-refractivity contribution in [1.82, 2.24) is 9.88 Å². The minimum absolute atomic E-state index is 0.00609. The molecule has 182 valence electrons. The number of nitrogens with one attached hydrogen (secondary N) is 1. The molecule has 35 heavy (non-hydrogen) atoms. The zero-order valence-electron chi connectivity index (χ0n) is 19.7. The predicted octanol–water partition coefficient (Wildman–Crippen LogP) is 5.02. The Balaban J connectivity index is 1.79. The number of aliphatic imine (C=N–C) groups is 1. The lowest BCUT2D eigenvalue weighted by Gasteiger charge is -2.24. The van der Waals surface area contributed by atoms with Gasteiger partial charge in [-0.3, -0.25) is 4.31 Å². The second-order valence-electron chi connectivity index (χ2n) is 8.52. The molecule has 0 spiro atoms. The first-order chi connectivity index (χ1) is 16.6. The maximum absolute atomic E-state index is 12.4. The van der Waals surface area contributed by atoms with Gasteiger partial charge in [0.15, 0.2) is 5.88 Å². The maximum atomic E-state index is 12.4. The van der Waals surface area contributed by atoms with E-state index in [4.69, 9.17) is 16.6 Å². The molecule has 0 atom stereocenters. The van der Waals surface area contributed by atoms with E-state index in [0.29, 0.717) is 46.3 Å². The molecule has 9 heteroatoms. The summed E-state index contributed by atoms with van der Waals surface area (Å²) in [6.07, 6.45) is 1.20. The van der Waals surface area contributed by atoms with Crippen LogP contribution in [-0.4, -0.2) is 62.6 Å². The number of aromatic nitrogens is 1. The molecule has 0 saturated carbocycles. The molecule has 4 rings (SSSR count). The second-order valence-corrected chi connectivity index (χ2v) is 10.9. The van der Waals surface area contributed by atoms with E-state index in [2.05, 4.69) is 4.98 Å². The highest BCUT2D eigenvalue weighted by atomic mass is 35.5. The van der Waals surface area contributed by atoms with Crippen molar-refractivity contribution in [1.29, 1.82) is 0 Å². The number of aromatic amines is 1. The average molecular weight is 511 g/mol. The first kappa shape index (κ1) is 24.8. The third-order valence-electron chi connectivity index (χ3n) is 5.55. The standard InChI is InChI=1S/C26H27ClN4O3S/c1-30(2)15-16-31(35(3,33)34)21-12-10-20(11-13-21)28-25(18-7-5-4-6-8-18)24-22-14-9-19(27)17-23(22)29-26(24)32/h4-14,17,29,32H,15-16H2,1-3H3. The van der Waals surface area contributed by atoms with Crippen molar-refractivity contribution >= 4 is 49.6 Å². The summed E-state index contributed by atoms with van der Waals surface area (Å²) >= 11 is 6.14. The van der Waals surface area contributed by atoms with Gasteiger partial charge in [0.1, 0.15) is 0 Å². The zero-order valence-corrected chi connectivity index (χ0v) is 21.3. The molecule has 1 aromatic heterocycles. The number of rotatable bonds is 8. The number of aromatic hydroxyl groups is 1. The number of hydrogen-bond acceptors (Lipinski definition) is 5. The molecule has 0 aliphatic heterocycles. The summed E-state index contributed by atoms with van der Waals surface area (Å²) in [5.74, 6) is -0.00609. The molecule has 3 aromatic carbocycles. The van der Waals surface area contributed by atoms with E-state index >= 15 is 0 Å². The van der Waals surface area contributed by atoms with E-state index < -0.39 is 10.0 Å². The monoisotopic (exact) mass is 510 g/mol. The van der Waals surface area contributed by atoms with Crippen molar-refractivity contribution in [2.45, 2.75) is 0 Å². The van der Waals surface area contributed by atoms with Crippen LogP contribution in [0.3, 0.4) is 0 Å². The quantitative estimate of drug-likeness (QED) is 0.326. The Bertz CT molecular complexity index is 1460. The largest absolute Gasteiger partial charge is 0.494 e. The minimum Gasteiger partial charge on any atom is -0.494 e. The van der Waals surface area contributed by atoms with Crippen LogP contribution in [0.2, 0.25) is 5.02 Å². The first-order valence-corrected chi connectivity index (χ1v) is 13.2. The summed E-state index contributed by atoms with van der Waals surface area (Å²) in [6, 6.07) is 22.0. The first-order valence-electron chi connectivity index (χ1n) is 11.0. The Labute approximate surface area is 210 Å². The molecule has 0 radical (unpaired) electrons. The lowest BCUT2D eigenvalue weighted by molar-refractivity contribution is 0.419. The highest BCUT2D eigenvalue weighted by Crippen LogP contribution is 2.33. The number of H-pyrrole nitrogens is 1. The highest BCUT2D eigenvalue weighted by molar-refractivity contribution is 7.92. The van der Waals surface area contributed by atoms with Gasteiger partial charge in [0.05, 0.1) is 34.4 Å². The summed E-state index contributed by atoms with van der Waals surface area (Å²) in [5.41, 5.74) is 3.86. The van der Waals surface area contributed by atoms with Crippen LogP contribution in [0.4, 0.5) is 11.4 Å². The lowest BCUT2D eigenvalue weighted by Crippen LogP contribution is -2.35. The van der Waals surface area contributed by atoms with Crippen LogP contribution in [-0.2, 0) is 10.0 Å².